The second-order valence-corrected chi connectivity index (χ2v) is 5.49. The van der Waals surface area contributed by atoms with Gasteiger partial charge in [0.25, 0.3) is 0 Å². The molecule has 0 amide bonds. The molecule has 0 aliphatic carbocycles. The van der Waals surface area contributed by atoms with Gasteiger partial charge >= 0.3 is 0 Å². The second kappa shape index (κ2) is 5.18. The lowest BCUT2D eigenvalue weighted by Gasteiger charge is -2.39. The van der Waals surface area contributed by atoms with E-state index in [1.54, 1.807) is 0 Å². The molecule has 1 N–H and O–H groups in total. The predicted molar refractivity (Wildman–Crippen MR) is 82.3 cm³/mol. The SMILES string of the molecule is C=CCC1(c2cccc3ccccc23)CCCCN1. The summed E-state index contributed by atoms with van der Waals surface area (Å²) in [5.41, 5.74) is 1.52. The molecule has 0 radical (unpaired) electrons. The molecule has 1 heterocycles. The number of benzene rings is 2. The number of piperidine rings is 1. The van der Waals surface area contributed by atoms with E-state index in [-0.39, 0.29) is 5.54 Å². The third kappa shape index (κ3) is 2.19. The van der Waals surface area contributed by atoms with Crippen molar-refractivity contribution in [3.63, 3.8) is 0 Å². The van der Waals surface area contributed by atoms with Crippen molar-refractivity contribution in [2.45, 2.75) is 31.2 Å². The zero-order chi connectivity index (χ0) is 13.1. The third-order valence-electron chi connectivity index (χ3n) is 4.29. The first-order chi connectivity index (χ1) is 9.36. The minimum Gasteiger partial charge on any atom is -0.307 e. The Morgan fingerprint density at radius 2 is 1.95 bits per heavy atom. The smallest absolute Gasteiger partial charge is 0.0475 e. The predicted octanol–water partition coefficient (Wildman–Crippen LogP) is 4.38. The highest BCUT2D eigenvalue weighted by Gasteiger charge is 2.33. The van der Waals surface area contributed by atoms with Crippen molar-refractivity contribution in [2.24, 2.45) is 0 Å². The van der Waals surface area contributed by atoms with Gasteiger partial charge in [0.05, 0.1) is 0 Å². The zero-order valence-corrected chi connectivity index (χ0v) is 11.4. The molecule has 2 aromatic rings. The summed E-state index contributed by atoms with van der Waals surface area (Å²) < 4.78 is 0. The van der Waals surface area contributed by atoms with Crippen LogP contribution in [0.25, 0.3) is 10.8 Å². The molecule has 1 fully saturated rings. The van der Waals surface area contributed by atoms with Gasteiger partial charge in [-0.2, -0.15) is 0 Å². The molecule has 1 nitrogen and oxygen atoms in total. The van der Waals surface area contributed by atoms with E-state index in [2.05, 4.69) is 60.4 Å². The topological polar surface area (TPSA) is 12.0 Å². The summed E-state index contributed by atoms with van der Waals surface area (Å²) in [4.78, 5) is 0. The van der Waals surface area contributed by atoms with Gasteiger partial charge < -0.3 is 5.32 Å². The van der Waals surface area contributed by atoms with Crippen LogP contribution in [-0.2, 0) is 5.54 Å². The first-order valence-electron chi connectivity index (χ1n) is 7.20. The van der Waals surface area contributed by atoms with Crippen molar-refractivity contribution >= 4 is 10.8 Å². The number of nitrogens with one attached hydrogen (secondary N) is 1. The van der Waals surface area contributed by atoms with Crippen molar-refractivity contribution in [1.82, 2.24) is 5.32 Å². The van der Waals surface area contributed by atoms with Gasteiger partial charge in [0.2, 0.25) is 0 Å². The standard InChI is InChI=1S/C18H21N/c1-2-12-18(13-5-6-14-19-18)17-11-7-9-15-8-3-4-10-16(15)17/h2-4,7-11,19H,1,5-6,12-14H2. The maximum atomic E-state index is 3.97. The van der Waals surface area contributed by atoms with E-state index < -0.39 is 0 Å². The van der Waals surface area contributed by atoms with Crippen molar-refractivity contribution in [3.8, 4) is 0 Å². The number of fused-ring (bicyclic) bond motifs is 1. The fourth-order valence-electron chi connectivity index (χ4n) is 3.37. The van der Waals surface area contributed by atoms with Crippen LogP contribution < -0.4 is 5.32 Å². The quantitative estimate of drug-likeness (QED) is 0.798. The summed E-state index contributed by atoms with van der Waals surface area (Å²) in [5.74, 6) is 0. The lowest BCUT2D eigenvalue weighted by atomic mass is 9.78. The first-order valence-corrected chi connectivity index (χ1v) is 7.20. The van der Waals surface area contributed by atoms with E-state index in [0.717, 1.165) is 13.0 Å². The van der Waals surface area contributed by atoms with Gasteiger partial charge in [0.1, 0.15) is 0 Å². The first kappa shape index (κ1) is 12.4. The molecule has 0 aromatic heterocycles. The van der Waals surface area contributed by atoms with Crippen LogP contribution in [0.15, 0.2) is 55.1 Å². The van der Waals surface area contributed by atoms with E-state index in [1.165, 1.54) is 35.6 Å². The van der Waals surface area contributed by atoms with E-state index in [4.69, 9.17) is 0 Å². The Bertz CT molecular complexity index is 574. The largest absolute Gasteiger partial charge is 0.307 e. The highest BCUT2D eigenvalue weighted by atomic mass is 15.0. The molecule has 0 saturated carbocycles. The molecule has 1 saturated heterocycles. The number of hydrogen-bond donors (Lipinski definition) is 1. The Kier molecular flexibility index (Phi) is 3.39. The van der Waals surface area contributed by atoms with Crippen LogP contribution in [0, 0.1) is 0 Å². The summed E-state index contributed by atoms with van der Waals surface area (Å²) in [7, 11) is 0. The summed E-state index contributed by atoms with van der Waals surface area (Å²) in [5, 5.41) is 6.48. The second-order valence-electron chi connectivity index (χ2n) is 5.49. The number of hydrogen-bond acceptors (Lipinski definition) is 1. The third-order valence-corrected chi connectivity index (χ3v) is 4.29. The minimum absolute atomic E-state index is 0.0842. The molecule has 3 rings (SSSR count). The lowest BCUT2D eigenvalue weighted by molar-refractivity contribution is 0.262. The normalized spacial score (nSPS) is 23.4. The average Bonchev–Trinajstić information content (AvgIpc) is 2.48. The van der Waals surface area contributed by atoms with Gasteiger partial charge in [-0.25, -0.2) is 0 Å². The molecule has 1 unspecified atom stereocenters. The Labute approximate surface area is 115 Å². The van der Waals surface area contributed by atoms with Crippen LogP contribution >= 0.6 is 0 Å². The Balaban J connectivity index is 2.17. The van der Waals surface area contributed by atoms with E-state index in [1.807, 2.05) is 0 Å². The van der Waals surface area contributed by atoms with Crippen LogP contribution in [0.2, 0.25) is 0 Å². The summed E-state index contributed by atoms with van der Waals surface area (Å²) in [6, 6.07) is 15.3. The monoisotopic (exact) mass is 251 g/mol. The molecule has 2 aromatic carbocycles. The summed E-state index contributed by atoms with van der Waals surface area (Å²) in [6.45, 7) is 5.07. The minimum atomic E-state index is 0.0842. The maximum absolute atomic E-state index is 3.97. The van der Waals surface area contributed by atoms with Crippen LogP contribution in [0.4, 0.5) is 0 Å². The van der Waals surface area contributed by atoms with Crippen molar-refractivity contribution in [3.05, 3.63) is 60.7 Å². The fourth-order valence-corrected chi connectivity index (χ4v) is 3.37. The van der Waals surface area contributed by atoms with Gasteiger partial charge in [-0.3, -0.25) is 0 Å². The molecule has 1 atom stereocenters. The van der Waals surface area contributed by atoms with E-state index in [9.17, 15) is 0 Å². The zero-order valence-electron chi connectivity index (χ0n) is 11.4. The van der Waals surface area contributed by atoms with Gasteiger partial charge in [-0.15, -0.1) is 6.58 Å². The van der Waals surface area contributed by atoms with Gasteiger partial charge in [0.15, 0.2) is 0 Å². The number of rotatable bonds is 3. The average molecular weight is 251 g/mol. The Hall–Kier alpha value is -1.60. The molecule has 1 heteroatoms. The van der Waals surface area contributed by atoms with Gasteiger partial charge in [0, 0.05) is 5.54 Å². The lowest BCUT2D eigenvalue weighted by Crippen LogP contribution is -2.45. The van der Waals surface area contributed by atoms with Crippen molar-refractivity contribution in [1.29, 1.82) is 0 Å². The van der Waals surface area contributed by atoms with Crippen LogP contribution in [0.3, 0.4) is 0 Å². The highest BCUT2D eigenvalue weighted by Crippen LogP contribution is 2.37. The van der Waals surface area contributed by atoms with E-state index in [0.29, 0.717) is 0 Å². The Morgan fingerprint density at radius 1 is 1.11 bits per heavy atom. The van der Waals surface area contributed by atoms with Gasteiger partial charge in [-0.1, -0.05) is 48.5 Å². The Morgan fingerprint density at radius 3 is 2.74 bits per heavy atom. The van der Waals surface area contributed by atoms with Crippen molar-refractivity contribution < 1.29 is 0 Å². The van der Waals surface area contributed by atoms with Crippen LogP contribution in [-0.4, -0.2) is 6.54 Å². The molecule has 98 valence electrons. The van der Waals surface area contributed by atoms with Crippen LogP contribution in [0.5, 0.6) is 0 Å². The molecule has 1 aliphatic rings. The molecule has 0 spiro atoms. The molecular formula is C18H21N. The van der Waals surface area contributed by atoms with Crippen LogP contribution in [0.1, 0.15) is 31.2 Å². The fraction of sp³-hybridized carbons (Fsp3) is 0.333. The van der Waals surface area contributed by atoms with E-state index >= 15 is 0 Å². The molecular weight excluding hydrogens is 230 g/mol. The highest BCUT2D eigenvalue weighted by molar-refractivity contribution is 5.86. The summed E-state index contributed by atoms with van der Waals surface area (Å²) >= 11 is 0. The van der Waals surface area contributed by atoms with Gasteiger partial charge in [-0.05, 0) is 48.6 Å². The molecule has 19 heavy (non-hydrogen) atoms. The molecule has 1 aliphatic heterocycles. The molecule has 0 bridgehead atoms. The summed E-state index contributed by atoms with van der Waals surface area (Å²) in [6.07, 6.45) is 6.84. The van der Waals surface area contributed by atoms with Crippen molar-refractivity contribution in [2.75, 3.05) is 6.54 Å². The maximum Gasteiger partial charge on any atom is 0.0475 e.